The van der Waals surface area contributed by atoms with Crippen LogP contribution >= 0.6 is 11.3 Å². The molecule has 2 aromatic heterocycles. The Hall–Kier alpha value is -2.67. The van der Waals surface area contributed by atoms with Crippen LogP contribution in [0.4, 0.5) is 5.82 Å². The minimum atomic E-state index is 0.0695. The predicted octanol–water partition coefficient (Wildman–Crippen LogP) is 3.43. The highest BCUT2D eigenvalue weighted by Gasteiger charge is 2.21. The Morgan fingerprint density at radius 2 is 2.12 bits per heavy atom. The van der Waals surface area contributed by atoms with E-state index in [2.05, 4.69) is 20.5 Å². The van der Waals surface area contributed by atoms with E-state index in [1.54, 1.807) is 18.3 Å². The van der Waals surface area contributed by atoms with E-state index in [1.165, 1.54) is 41.4 Å². The molecule has 1 aliphatic rings. The van der Waals surface area contributed by atoms with Gasteiger partial charge in [0.2, 0.25) is 0 Å². The van der Waals surface area contributed by atoms with Gasteiger partial charge in [0.15, 0.2) is 5.82 Å². The summed E-state index contributed by atoms with van der Waals surface area (Å²) in [7, 11) is 0. The minimum Gasteiger partial charge on any atom is -0.508 e. The molecule has 6 nitrogen and oxygen atoms in total. The van der Waals surface area contributed by atoms with Gasteiger partial charge in [0.1, 0.15) is 22.7 Å². The second kappa shape index (κ2) is 5.76. The van der Waals surface area contributed by atoms with Crippen molar-refractivity contribution >= 4 is 33.1 Å². The van der Waals surface area contributed by atoms with Crippen LogP contribution in [0.1, 0.15) is 29.3 Å². The number of phenols is 2. The number of aromatic nitrogens is 2. The fourth-order valence-electron chi connectivity index (χ4n) is 3.02. The standard InChI is InChI=1S/C17H16N4O2S/c1-9(12-7-10(22)5-6-13(12)23)20-21-16-15-11-3-2-4-14(11)24-17(15)19-8-18-16/h5-8,22-23H,2-4H2,1H3,(H,18,19,21)/b20-9+. The van der Waals surface area contributed by atoms with Crippen molar-refractivity contribution < 1.29 is 10.2 Å². The zero-order chi connectivity index (χ0) is 16.7. The average Bonchev–Trinajstić information content (AvgIpc) is 3.15. The van der Waals surface area contributed by atoms with Gasteiger partial charge in [0.25, 0.3) is 0 Å². The number of nitrogens with one attached hydrogen (secondary N) is 1. The molecule has 0 spiro atoms. The minimum absolute atomic E-state index is 0.0695. The Morgan fingerprint density at radius 1 is 1.25 bits per heavy atom. The number of thiophene rings is 1. The maximum Gasteiger partial charge on any atom is 0.158 e. The molecule has 0 unspecified atom stereocenters. The van der Waals surface area contributed by atoms with Crippen molar-refractivity contribution in [2.45, 2.75) is 26.2 Å². The van der Waals surface area contributed by atoms with Crippen LogP contribution in [0.5, 0.6) is 11.5 Å². The third kappa shape index (κ3) is 2.46. The Balaban J connectivity index is 1.71. The molecule has 7 heteroatoms. The van der Waals surface area contributed by atoms with Gasteiger partial charge in [-0.1, -0.05) is 0 Å². The molecular formula is C17H16N4O2S. The summed E-state index contributed by atoms with van der Waals surface area (Å²) in [5.41, 5.74) is 5.36. The summed E-state index contributed by atoms with van der Waals surface area (Å²) in [6, 6.07) is 4.36. The summed E-state index contributed by atoms with van der Waals surface area (Å²) in [4.78, 5) is 11.1. The van der Waals surface area contributed by atoms with Crippen molar-refractivity contribution in [3.8, 4) is 11.5 Å². The number of hydrogen-bond donors (Lipinski definition) is 3. The number of aromatic hydroxyl groups is 2. The number of rotatable bonds is 3. The van der Waals surface area contributed by atoms with E-state index in [0.717, 1.165) is 23.1 Å². The number of phenolic OH excluding ortho intramolecular Hbond substituents is 2. The lowest BCUT2D eigenvalue weighted by molar-refractivity contribution is 0.459. The smallest absolute Gasteiger partial charge is 0.158 e. The lowest BCUT2D eigenvalue weighted by Gasteiger charge is -2.07. The molecule has 0 aliphatic heterocycles. The Labute approximate surface area is 142 Å². The van der Waals surface area contributed by atoms with Crippen molar-refractivity contribution in [1.29, 1.82) is 0 Å². The van der Waals surface area contributed by atoms with Crippen LogP contribution < -0.4 is 5.43 Å². The monoisotopic (exact) mass is 340 g/mol. The Morgan fingerprint density at radius 3 is 3.00 bits per heavy atom. The highest BCUT2D eigenvalue weighted by molar-refractivity contribution is 7.19. The van der Waals surface area contributed by atoms with Gasteiger partial charge >= 0.3 is 0 Å². The van der Waals surface area contributed by atoms with Crippen molar-refractivity contribution in [3.63, 3.8) is 0 Å². The van der Waals surface area contributed by atoms with Gasteiger partial charge in [0, 0.05) is 10.4 Å². The third-order valence-corrected chi connectivity index (χ3v) is 5.40. The molecule has 0 saturated heterocycles. The number of anilines is 1. The number of nitrogens with zero attached hydrogens (tertiary/aromatic N) is 3. The van der Waals surface area contributed by atoms with Gasteiger partial charge in [-0.25, -0.2) is 9.97 Å². The molecule has 122 valence electrons. The first-order valence-corrected chi connectivity index (χ1v) is 8.53. The molecule has 2 heterocycles. The van der Waals surface area contributed by atoms with Crippen LogP contribution in [-0.4, -0.2) is 25.9 Å². The maximum atomic E-state index is 9.92. The summed E-state index contributed by atoms with van der Waals surface area (Å²) in [6.07, 6.45) is 4.86. The first-order chi connectivity index (χ1) is 11.6. The van der Waals surface area contributed by atoms with Gasteiger partial charge in [0.05, 0.1) is 11.1 Å². The molecule has 1 aliphatic carbocycles. The van der Waals surface area contributed by atoms with Crippen LogP contribution in [0.15, 0.2) is 29.6 Å². The first kappa shape index (κ1) is 14.9. The third-order valence-electron chi connectivity index (χ3n) is 4.20. The molecule has 24 heavy (non-hydrogen) atoms. The second-order valence-electron chi connectivity index (χ2n) is 5.77. The highest BCUT2D eigenvalue weighted by Crippen LogP contribution is 2.39. The van der Waals surface area contributed by atoms with Crippen LogP contribution in [-0.2, 0) is 12.8 Å². The molecule has 0 amide bonds. The zero-order valence-corrected chi connectivity index (χ0v) is 13.9. The Bertz CT molecular complexity index is 965. The summed E-state index contributed by atoms with van der Waals surface area (Å²) in [5.74, 6) is 0.830. The lowest BCUT2D eigenvalue weighted by atomic mass is 10.1. The van der Waals surface area contributed by atoms with E-state index in [9.17, 15) is 10.2 Å². The maximum absolute atomic E-state index is 9.92. The normalized spacial score (nSPS) is 14.1. The lowest BCUT2D eigenvalue weighted by Crippen LogP contribution is -2.02. The van der Waals surface area contributed by atoms with E-state index in [1.807, 2.05) is 0 Å². The van der Waals surface area contributed by atoms with E-state index in [-0.39, 0.29) is 11.5 Å². The largest absolute Gasteiger partial charge is 0.508 e. The van der Waals surface area contributed by atoms with E-state index >= 15 is 0 Å². The SMILES string of the molecule is C/C(=N\Nc1ncnc2sc3c(c12)CCC3)c1cc(O)ccc1O. The van der Waals surface area contributed by atoms with Gasteiger partial charge < -0.3 is 10.2 Å². The molecule has 0 atom stereocenters. The average molecular weight is 340 g/mol. The van der Waals surface area contributed by atoms with Gasteiger partial charge in [-0.05, 0) is 49.9 Å². The number of hydrazone groups is 1. The molecule has 0 bridgehead atoms. The van der Waals surface area contributed by atoms with E-state index in [0.29, 0.717) is 17.1 Å². The van der Waals surface area contributed by atoms with Gasteiger partial charge in [-0.3, -0.25) is 5.43 Å². The number of aryl methyl sites for hydroxylation is 2. The highest BCUT2D eigenvalue weighted by atomic mass is 32.1. The molecule has 3 aromatic rings. The van der Waals surface area contributed by atoms with E-state index in [4.69, 9.17) is 0 Å². The van der Waals surface area contributed by atoms with Gasteiger partial charge in [-0.15, -0.1) is 11.3 Å². The summed E-state index contributed by atoms with van der Waals surface area (Å²) >= 11 is 1.72. The van der Waals surface area contributed by atoms with Gasteiger partial charge in [-0.2, -0.15) is 5.10 Å². The fraction of sp³-hybridized carbons (Fsp3) is 0.235. The molecular weight excluding hydrogens is 324 g/mol. The first-order valence-electron chi connectivity index (χ1n) is 7.71. The molecule has 0 fully saturated rings. The Kier molecular flexibility index (Phi) is 3.57. The van der Waals surface area contributed by atoms with Crippen LogP contribution in [0.25, 0.3) is 10.2 Å². The summed E-state index contributed by atoms with van der Waals surface area (Å²) in [6.45, 7) is 1.76. The van der Waals surface area contributed by atoms with Crippen molar-refractivity contribution in [2.24, 2.45) is 5.10 Å². The fourth-order valence-corrected chi connectivity index (χ4v) is 4.25. The van der Waals surface area contributed by atoms with Crippen molar-refractivity contribution in [3.05, 3.63) is 40.5 Å². The van der Waals surface area contributed by atoms with Crippen LogP contribution in [0, 0.1) is 0 Å². The molecule has 0 saturated carbocycles. The number of hydrogen-bond acceptors (Lipinski definition) is 7. The second-order valence-corrected chi connectivity index (χ2v) is 6.85. The molecule has 1 aromatic carbocycles. The van der Waals surface area contributed by atoms with Crippen LogP contribution in [0.3, 0.4) is 0 Å². The van der Waals surface area contributed by atoms with Crippen molar-refractivity contribution in [1.82, 2.24) is 9.97 Å². The molecule has 4 rings (SSSR count). The topological polar surface area (TPSA) is 90.6 Å². The quantitative estimate of drug-likeness (QED) is 0.386. The summed E-state index contributed by atoms with van der Waals surface area (Å²) in [5, 5.41) is 24.9. The molecule has 3 N–H and O–H groups in total. The van der Waals surface area contributed by atoms with Crippen molar-refractivity contribution in [2.75, 3.05) is 5.43 Å². The van der Waals surface area contributed by atoms with Crippen LogP contribution in [0.2, 0.25) is 0 Å². The molecule has 0 radical (unpaired) electrons. The predicted molar refractivity (Wildman–Crippen MR) is 95.0 cm³/mol. The zero-order valence-electron chi connectivity index (χ0n) is 13.1. The summed E-state index contributed by atoms with van der Waals surface area (Å²) < 4.78 is 0. The number of fused-ring (bicyclic) bond motifs is 3. The number of benzene rings is 1. The van der Waals surface area contributed by atoms with E-state index < -0.39 is 0 Å².